The summed E-state index contributed by atoms with van der Waals surface area (Å²) in [5.41, 5.74) is 3.69. The molecule has 4 heteroatoms. The van der Waals surface area contributed by atoms with E-state index >= 15 is 0 Å². The number of benzene rings is 1. The minimum atomic E-state index is -0.256. The number of nitriles is 1. The SMILES string of the molecule is N#CC1(c2ccc3nc(-c4cccnc4)[nH]c3c2)CC1. The first-order chi connectivity index (χ1) is 9.81. The molecule has 1 fully saturated rings. The maximum atomic E-state index is 9.28. The van der Waals surface area contributed by atoms with Crippen LogP contribution in [0.5, 0.6) is 0 Å². The van der Waals surface area contributed by atoms with Crippen molar-refractivity contribution in [1.29, 1.82) is 5.26 Å². The predicted octanol–water partition coefficient (Wildman–Crippen LogP) is 3.18. The molecule has 1 saturated carbocycles. The van der Waals surface area contributed by atoms with Crippen molar-refractivity contribution >= 4 is 11.0 Å². The molecule has 1 N–H and O–H groups in total. The Morgan fingerprint density at radius 3 is 2.85 bits per heavy atom. The molecule has 0 saturated heterocycles. The van der Waals surface area contributed by atoms with Gasteiger partial charge in [0.1, 0.15) is 5.82 Å². The van der Waals surface area contributed by atoms with Crippen LogP contribution in [-0.4, -0.2) is 15.0 Å². The Bertz CT molecular complexity index is 823. The second-order valence-corrected chi connectivity index (χ2v) is 5.25. The molecule has 0 amide bonds. The van der Waals surface area contributed by atoms with Crippen LogP contribution in [0.25, 0.3) is 22.4 Å². The third kappa shape index (κ3) is 1.60. The third-order valence-electron chi connectivity index (χ3n) is 3.93. The lowest BCUT2D eigenvalue weighted by Crippen LogP contribution is -2.01. The van der Waals surface area contributed by atoms with Gasteiger partial charge >= 0.3 is 0 Å². The summed E-state index contributed by atoms with van der Waals surface area (Å²) < 4.78 is 0. The number of pyridine rings is 1. The fourth-order valence-corrected chi connectivity index (χ4v) is 2.54. The molecule has 0 bridgehead atoms. The van der Waals surface area contributed by atoms with E-state index < -0.39 is 0 Å². The van der Waals surface area contributed by atoms with Gasteiger partial charge in [-0.1, -0.05) is 6.07 Å². The predicted molar refractivity (Wildman–Crippen MR) is 75.8 cm³/mol. The highest BCUT2D eigenvalue weighted by molar-refractivity contribution is 5.80. The summed E-state index contributed by atoms with van der Waals surface area (Å²) in [6.45, 7) is 0. The number of aromatic amines is 1. The zero-order valence-corrected chi connectivity index (χ0v) is 10.8. The van der Waals surface area contributed by atoms with Crippen LogP contribution in [0.1, 0.15) is 18.4 Å². The van der Waals surface area contributed by atoms with E-state index in [0.717, 1.165) is 40.8 Å². The van der Waals surface area contributed by atoms with E-state index in [2.05, 4.69) is 27.1 Å². The number of nitrogens with one attached hydrogen (secondary N) is 1. The van der Waals surface area contributed by atoms with E-state index in [9.17, 15) is 5.26 Å². The Morgan fingerprint density at radius 2 is 2.15 bits per heavy atom. The maximum Gasteiger partial charge on any atom is 0.140 e. The molecule has 1 aromatic carbocycles. The number of hydrogen-bond acceptors (Lipinski definition) is 3. The molecule has 4 nitrogen and oxygen atoms in total. The highest BCUT2D eigenvalue weighted by atomic mass is 14.9. The summed E-state index contributed by atoms with van der Waals surface area (Å²) in [6, 6.07) is 12.4. The van der Waals surface area contributed by atoms with E-state index in [1.54, 1.807) is 12.4 Å². The summed E-state index contributed by atoms with van der Waals surface area (Å²) in [5, 5.41) is 9.28. The summed E-state index contributed by atoms with van der Waals surface area (Å²) in [6.07, 6.45) is 5.45. The summed E-state index contributed by atoms with van der Waals surface area (Å²) in [4.78, 5) is 12.0. The van der Waals surface area contributed by atoms with Crippen molar-refractivity contribution in [3.05, 3.63) is 48.3 Å². The number of H-pyrrole nitrogens is 1. The van der Waals surface area contributed by atoms with Crippen molar-refractivity contribution in [2.45, 2.75) is 18.3 Å². The molecule has 3 aromatic rings. The number of fused-ring (bicyclic) bond motifs is 1. The van der Waals surface area contributed by atoms with Gasteiger partial charge in [-0.05, 0) is 42.7 Å². The highest BCUT2D eigenvalue weighted by Gasteiger charge is 2.44. The Kier molecular flexibility index (Phi) is 2.19. The Balaban J connectivity index is 1.83. The number of nitrogens with zero attached hydrogens (tertiary/aromatic N) is 3. The van der Waals surface area contributed by atoms with Gasteiger partial charge in [0.25, 0.3) is 0 Å². The van der Waals surface area contributed by atoms with Gasteiger partial charge in [-0.25, -0.2) is 4.98 Å². The molecule has 2 heterocycles. The second-order valence-electron chi connectivity index (χ2n) is 5.25. The maximum absolute atomic E-state index is 9.28. The summed E-state index contributed by atoms with van der Waals surface area (Å²) in [7, 11) is 0. The van der Waals surface area contributed by atoms with Crippen LogP contribution in [0.2, 0.25) is 0 Å². The van der Waals surface area contributed by atoms with Crippen molar-refractivity contribution in [1.82, 2.24) is 15.0 Å². The molecule has 0 radical (unpaired) electrons. The zero-order chi connectivity index (χ0) is 13.6. The van der Waals surface area contributed by atoms with Gasteiger partial charge in [-0.2, -0.15) is 5.26 Å². The van der Waals surface area contributed by atoms with Crippen LogP contribution in [0.4, 0.5) is 0 Å². The van der Waals surface area contributed by atoms with Crippen LogP contribution < -0.4 is 0 Å². The van der Waals surface area contributed by atoms with Gasteiger partial charge in [0.2, 0.25) is 0 Å². The van der Waals surface area contributed by atoms with Gasteiger partial charge in [-0.3, -0.25) is 4.98 Å². The van der Waals surface area contributed by atoms with Crippen LogP contribution >= 0.6 is 0 Å². The molecule has 1 aliphatic rings. The van der Waals surface area contributed by atoms with Crippen molar-refractivity contribution in [2.75, 3.05) is 0 Å². The third-order valence-corrected chi connectivity index (χ3v) is 3.93. The molecule has 20 heavy (non-hydrogen) atoms. The molecule has 0 aliphatic heterocycles. The lowest BCUT2D eigenvalue weighted by molar-refractivity contribution is 0.910. The van der Waals surface area contributed by atoms with Gasteiger partial charge in [0.15, 0.2) is 0 Å². The minimum absolute atomic E-state index is 0.256. The zero-order valence-electron chi connectivity index (χ0n) is 10.8. The van der Waals surface area contributed by atoms with Crippen molar-refractivity contribution in [3.8, 4) is 17.5 Å². The van der Waals surface area contributed by atoms with Crippen molar-refractivity contribution in [3.63, 3.8) is 0 Å². The Labute approximate surface area is 116 Å². The average molecular weight is 260 g/mol. The Hall–Kier alpha value is -2.67. The quantitative estimate of drug-likeness (QED) is 0.769. The van der Waals surface area contributed by atoms with Gasteiger partial charge < -0.3 is 4.98 Å². The fraction of sp³-hybridized carbons (Fsp3) is 0.188. The first-order valence-corrected chi connectivity index (χ1v) is 6.63. The van der Waals surface area contributed by atoms with Crippen LogP contribution in [0.3, 0.4) is 0 Å². The largest absolute Gasteiger partial charge is 0.338 e. The van der Waals surface area contributed by atoms with Crippen molar-refractivity contribution in [2.24, 2.45) is 0 Å². The molecular formula is C16H12N4. The molecule has 0 spiro atoms. The average Bonchev–Trinajstić information content (AvgIpc) is 3.20. The van der Waals surface area contributed by atoms with E-state index in [0.29, 0.717) is 0 Å². The summed E-state index contributed by atoms with van der Waals surface area (Å²) >= 11 is 0. The van der Waals surface area contributed by atoms with E-state index in [4.69, 9.17) is 0 Å². The Morgan fingerprint density at radius 1 is 1.25 bits per heavy atom. The fourth-order valence-electron chi connectivity index (χ4n) is 2.54. The molecule has 1 aliphatic carbocycles. The summed E-state index contributed by atoms with van der Waals surface area (Å²) in [5.74, 6) is 0.812. The highest BCUT2D eigenvalue weighted by Crippen LogP contribution is 2.47. The first kappa shape index (κ1) is 11.2. The molecule has 0 atom stereocenters. The number of rotatable bonds is 2. The number of hydrogen-bond donors (Lipinski definition) is 1. The van der Waals surface area contributed by atoms with Gasteiger partial charge in [0.05, 0.1) is 22.5 Å². The van der Waals surface area contributed by atoms with Crippen LogP contribution in [0, 0.1) is 11.3 Å². The number of imidazole rings is 1. The lowest BCUT2D eigenvalue weighted by Gasteiger charge is -2.04. The van der Waals surface area contributed by atoms with E-state index in [1.165, 1.54) is 0 Å². The second kappa shape index (κ2) is 3.91. The normalized spacial score (nSPS) is 15.9. The topological polar surface area (TPSA) is 65.4 Å². The smallest absolute Gasteiger partial charge is 0.140 e. The van der Waals surface area contributed by atoms with E-state index in [1.807, 2.05) is 24.3 Å². The van der Waals surface area contributed by atoms with Crippen molar-refractivity contribution < 1.29 is 0 Å². The molecular weight excluding hydrogens is 248 g/mol. The van der Waals surface area contributed by atoms with Crippen LogP contribution in [0.15, 0.2) is 42.7 Å². The molecule has 2 aromatic heterocycles. The number of aromatic nitrogens is 3. The lowest BCUT2D eigenvalue weighted by atomic mass is 9.97. The molecule has 96 valence electrons. The van der Waals surface area contributed by atoms with Gasteiger partial charge in [0, 0.05) is 18.0 Å². The minimum Gasteiger partial charge on any atom is -0.338 e. The molecule has 0 unspecified atom stereocenters. The first-order valence-electron chi connectivity index (χ1n) is 6.63. The van der Waals surface area contributed by atoms with E-state index in [-0.39, 0.29) is 5.41 Å². The standard InChI is InChI=1S/C16H12N4/c17-10-16(5-6-16)12-3-4-13-14(8-12)20-15(19-13)11-2-1-7-18-9-11/h1-4,7-9H,5-6H2,(H,19,20). The van der Waals surface area contributed by atoms with Crippen LogP contribution in [-0.2, 0) is 5.41 Å². The monoisotopic (exact) mass is 260 g/mol. The van der Waals surface area contributed by atoms with Gasteiger partial charge in [-0.15, -0.1) is 0 Å². The molecule has 4 rings (SSSR count).